The molecule has 7 heavy (non-hydrogen) atoms. The van der Waals surface area contributed by atoms with Crippen LogP contribution in [0.4, 0.5) is 0 Å². The van der Waals surface area contributed by atoms with E-state index in [4.69, 9.17) is 21.1 Å². The normalized spacial score (nSPS) is 18.1. The summed E-state index contributed by atoms with van der Waals surface area (Å²) in [6.07, 6.45) is 0. The Morgan fingerprint density at radius 2 is 2.00 bits per heavy atom. The van der Waals surface area contributed by atoms with Crippen LogP contribution in [0.1, 0.15) is 0 Å². The Hall–Kier alpha value is -0.370. The third kappa shape index (κ3) is 0.996. The fraction of sp³-hybridized carbons (Fsp3) is 0.500. The van der Waals surface area contributed by atoms with Crippen molar-refractivity contribution in [2.45, 2.75) is 0 Å². The molecular formula is C4H5ClO2. The number of ether oxygens (including phenoxy) is 2. The quantitative estimate of drug-likeness (QED) is 0.476. The van der Waals surface area contributed by atoms with E-state index in [1.54, 1.807) is 0 Å². The molecule has 3 heteroatoms. The Balaban J connectivity index is 2.41. The van der Waals surface area contributed by atoms with Crippen LogP contribution in [0.3, 0.4) is 0 Å². The van der Waals surface area contributed by atoms with Crippen LogP contribution in [0.5, 0.6) is 0 Å². The monoisotopic (exact) mass is 120 g/mol. The zero-order valence-electron chi connectivity index (χ0n) is 3.69. The largest absolute Gasteiger partial charge is 0.461 e. The van der Waals surface area contributed by atoms with Gasteiger partial charge in [0.1, 0.15) is 13.2 Å². The van der Waals surface area contributed by atoms with Gasteiger partial charge in [-0.1, -0.05) is 11.6 Å². The van der Waals surface area contributed by atoms with Crippen LogP contribution in [0.2, 0.25) is 0 Å². The Morgan fingerprint density at radius 1 is 1.43 bits per heavy atom. The van der Waals surface area contributed by atoms with Crippen molar-refractivity contribution in [1.29, 1.82) is 0 Å². The lowest BCUT2D eigenvalue weighted by Crippen LogP contribution is -1.79. The molecule has 0 spiro atoms. The van der Waals surface area contributed by atoms with E-state index < -0.39 is 0 Å². The molecule has 1 saturated heterocycles. The van der Waals surface area contributed by atoms with Gasteiger partial charge < -0.3 is 9.47 Å². The van der Waals surface area contributed by atoms with Crippen LogP contribution in [0.15, 0.2) is 11.5 Å². The number of halogens is 1. The molecule has 0 amide bonds. The Bertz CT molecular complexity index is 81.7. The maximum absolute atomic E-state index is 5.20. The molecule has 0 radical (unpaired) electrons. The molecule has 1 aliphatic rings. The van der Waals surface area contributed by atoms with Gasteiger partial charge in [0.25, 0.3) is 5.95 Å². The Kier molecular flexibility index (Phi) is 1.42. The summed E-state index contributed by atoms with van der Waals surface area (Å²) < 4.78 is 9.62. The van der Waals surface area contributed by atoms with Crippen molar-refractivity contribution in [2.24, 2.45) is 0 Å². The second-order valence-electron chi connectivity index (χ2n) is 1.13. The van der Waals surface area contributed by atoms with Gasteiger partial charge in [-0.15, -0.1) is 0 Å². The van der Waals surface area contributed by atoms with Crippen molar-refractivity contribution in [3.05, 3.63) is 11.5 Å². The van der Waals surface area contributed by atoms with E-state index in [9.17, 15) is 0 Å². The van der Waals surface area contributed by atoms with E-state index in [1.807, 2.05) is 0 Å². The van der Waals surface area contributed by atoms with Gasteiger partial charge in [0.2, 0.25) is 0 Å². The minimum Gasteiger partial charge on any atom is -0.461 e. The summed E-state index contributed by atoms with van der Waals surface area (Å²) in [5.74, 6) is 0.432. The van der Waals surface area contributed by atoms with Crippen molar-refractivity contribution in [1.82, 2.24) is 0 Å². The van der Waals surface area contributed by atoms with Gasteiger partial charge in [0.15, 0.2) is 0 Å². The number of rotatable bonds is 0. The van der Waals surface area contributed by atoms with E-state index in [0.717, 1.165) is 0 Å². The highest BCUT2D eigenvalue weighted by Crippen LogP contribution is 2.07. The van der Waals surface area contributed by atoms with E-state index in [0.29, 0.717) is 19.2 Å². The fourth-order valence-electron chi connectivity index (χ4n) is 0.389. The van der Waals surface area contributed by atoms with Gasteiger partial charge in [-0.3, -0.25) is 0 Å². The minimum atomic E-state index is 0.432. The standard InChI is InChI=1S/C4H5ClO2/c5-3-4-6-1-2-7-4/h3H,1-2H2. The van der Waals surface area contributed by atoms with E-state index in [-0.39, 0.29) is 0 Å². The highest BCUT2D eigenvalue weighted by molar-refractivity contribution is 6.25. The lowest BCUT2D eigenvalue weighted by atomic mass is 10.8. The minimum absolute atomic E-state index is 0.432. The topological polar surface area (TPSA) is 18.5 Å². The molecule has 1 aliphatic heterocycles. The van der Waals surface area contributed by atoms with Crippen molar-refractivity contribution in [3.8, 4) is 0 Å². The summed E-state index contributed by atoms with van der Waals surface area (Å²) in [5.41, 5.74) is 1.28. The second kappa shape index (κ2) is 2.07. The third-order valence-corrected chi connectivity index (χ3v) is 0.839. The summed E-state index contributed by atoms with van der Waals surface area (Å²) in [6.45, 7) is 1.25. The molecule has 0 aromatic carbocycles. The van der Waals surface area contributed by atoms with Crippen LogP contribution < -0.4 is 0 Å². The van der Waals surface area contributed by atoms with Gasteiger partial charge in [-0.05, 0) is 0 Å². The summed E-state index contributed by atoms with van der Waals surface area (Å²) in [6, 6.07) is 0. The summed E-state index contributed by atoms with van der Waals surface area (Å²) in [7, 11) is 0. The predicted octanol–water partition coefficient (Wildman–Crippen LogP) is 1.07. The van der Waals surface area contributed by atoms with Gasteiger partial charge in [-0.2, -0.15) is 0 Å². The molecule has 0 N–H and O–H groups in total. The Morgan fingerprint density at radius 3 is 2.29 bits per heavy atom. The zero-order chi connectivity index (χ0) is 5.11. The molecule has 1 fully saturated rings. The molecule has 0 aliphatic carbocycles. The van der Waals surface area contributed by atoms with E-state index >= 15 is 0 Å². The Labute approximate surface area is 46.7 Å². The smallest absolute Gasteiger partial charge is 0.291 e. The van der Waals surface area contributed by atoms with Crippen LogP contribution in [-0.4, -0.2) is 13.2 Å². The highest BCUT2D eigenvalue weighted by atomic mass is 35.5. The van der Waals surface area contributed by atoms with Crippen LogP contribution in [0, 0.1) is 0 Å². The molecule has 0 atom stereocenters. The van der Waals surface area contributed by atoms with E-state index in [1.165, 1.54) is 5.54 Å². The predicted molar refractivity (Wildman–Crippen MR) is 25.8 cm³/mol. The first-order chi connectivity index (χ1) is 3.43. The maximum Gasteiger partial charge on any atom is 0.291 e. The summed E-state index contributed by atoms with van der Waals surface area (Å²) in [5, 5.41) is 0. The summed E-state index contributed by atoms with van der Waals surface area (Å²) in [4.78, 5) is 0. The first-order valence-corrected chi connectivity index (χ1v) is 2.43. The SMILES string of the molecule is ClC=C1OCCO1. The molecule has 0 bridgehead atoms. The molecule has 0 unspecified atom stereocenters. The third-order valence-electron chi connectivity index (χ3n) is 0.661. The van der Waals surface area contributed by atoms with Gasteiger partial charge in [0.05, 0.1) is 5.54 Å². The van der Waals surface area contributed by atoms with Crippen molar-refractivity contribution >= 4 is 11.6 Å². The van der Waals surface area contributed by atoms with Gasteiger partial charge >= 0.3 is 0 Å². The maximum atomic E-state index is 5.20. The fourth-order valence-corrected chi connectivity index (χ4v) is 0.515. The lowest BCUT2D eigenvalue weighted by molar-refractivity contribution is 0.177. The van der Waals surface area contributed by atoms with Crippen LogP contribution in [0.25, 0.3) is 0 Å². The molecule has 40 valence electrons. The zero-order valence-corrected chi connectivity index (χ0v) is 4.44. The average molecular weight is 121 g/mol. The lowest BCUT2D eigenvalue weighted by Gasteiger charge is -1.89. The molecule has 0 saturated carbocycles. The molecular weight excluding hydrogens is 115 g/mol. The number of hydrogen-bond acceptors (Lipinski definition) is 2. The van der Waals surface area contributed by atoms with Crippen molar-refractivity contribution < 1.29 is 9.47 Å². The first-order valence-electron chi connectivity index (χ1n) is 1.99. The van der Waals surface area contributed by atoms with Gasteiger partial charge in [-0.25, -0.2) is 0 Å². The van der Waals surface area contributed by atoms with Crippen LogP contribution in [-0.2, 0) is 9.47 Å². The molecule has 1 rings (SSSR count). The van der Waals surface area contributed by atoms with E-state index in [2.05, 4.69) is 0 Å². The van der Waals surface area contributed by atoms with Gasteiger partial charge in [0, 0.05) is 0 Å². The van der Waals surface area contributed by atoms with Crippen molar-refractivity contribution in [3.63, 3.8) is 0 Å². The van der Waals surface area contributed by atoms with Crippen molar-refractivity contribution in [2.75, 3.05) is 13.2 Å². The average Bonchev–Trinajstić information content (AvgIpc) is 2.14. The molecule has 0 aromatic rings. The molecule has 1 heterocycles. The molecule has 0 aromatic heterocycles. The summed E-state index contributed by atoms with van der Waals surface area (Å²) >= 11 is 5.20. The molecule has 2 nitrogen and oxygen atoms in total. The van der Waals surface area contributed by atoms with Crippen LogP contribution >= 0.6 is 11.6 Å². The second-order valence-corrected chi connectivity index (χ2v) is 1.34. The highest BCUT2D eigenvalue weighted by Gasteiger charge is 2.05. The first kappa shape index (κ1) is 4.78. The number of hydrogen-bond donors (Lipinski definition) is 0.